The number of hydrogen-bond acceptors (Lipinski definition) is 5. The average molecular weight is 435 g/mol. The lowest BCUT2D eigenvalue weighted by molar-refractivity contribution is -0.133. The van der Waals surface area contributed by atoms with Crippen LogP contribution in [0.3, 0.4) is 0 Å². The number of nitrogens with one attached hydrogen (secondary N) is 1. The van der Waals surface area contributed by atoms with Gasteiger partial charge in [-0.2, -0.15) is 0 Å². The van der Waals surface area contributed by atoms with Crippen LogP contribution in [0.4, 0.5) is 4.79 Å². The molecule has 2 aromatic carbocycles. The van der Waals surface area contributed by atoms with Crippen molar-refractivity contribution in [3.8, 4) is 0 Å². The Bertz CT molecular complexity index is 1070. The Morgan fingerprint density at radius 3 is 2.48 bits per heavy atom. The number of para-hydroxylation sites is 1. The average Bonchev–Trinajstić information content (AvgIpc) is 3.35. The van der Waals surface area contributed by atoms with E-state index in [4.69, 9.17) is 4.98 Å². The smallest absolute Gasteiger partial charge is 0.319 e. The van der Waals surface area contributed by atoms with Gasteiger partial charge in [0, 0.05) is 19.0 Å². The summed E-state index contributed by atoms with van der Waals surface area (Å²) < 4.78 is 1.23. The minimum Gasteiger partial charge on any atom is -0.319 e. The predicted molar refractivity (Wildman–Crippen MR) is 122 cm³/mol. The summed E-state index contributed by atoms with van der Waals surface area (Å²) in [6, 6.07) is 17.5. The summed E-state index contributed by atoms with van der Waals surface area (Å²) in [4.78, 5) is 34.5. The summed E-state index contributed by atoms with van der Waals surface area (Å²) in [5.41, 5.74) is 0.950. The third kappa shape index (κ3) is 3.51. The van der Waals surface area contributed by atoms with Crippen LogP contribution >= 0.6 is 11.3 Å². The highest BCUT2D eigenvalue weighted by Crippen LogP contribution is 2.35. The summed E-state index contributed by atoms with van der Waals surface area (Å²) in [7, 11) is 0. The number of benzene rings is 2. The van der Waals surface area contributed by atoms with Crippen molar-refractivity contribution in [3.05, 3.63) is 65.2 Å². The molecule has 2 fully saturated rings. The van der Waals surface area contributed by atoms with E-state index in [1.165, 1.54) is 14.6 Å². The van der Waals surface area contributed by atoms with Crippen LogP contribution in [-0.2, 0) is 10.3 Å². The standard InChI is InChI=1S/C24H26N4O2S/c1-2-24(18-8-4-3-5-9-18)22(29)28(23(30)26-24)16-27-14-12-17(13-15-27)21-25-19-10-6-7-11-20(19)31-21/h3-11,17H,2,12-16H2,1H3,(H,26,30). The Kier molecular flexibility index (Phi) is 5.24. The van der Waals surface area contributed by atoms with Gasteiger partial charge in [0.2, 0.25) is 0 Å². The number of urea groups is 1. The van der Waals surface area contributed by atoms with Crippen LogP contribution in [0.25, 0.3) is 10.2 Å². The minimum absolute atomic E-state index is 0.153. The number of hydrogen-bond donors (Lipinski definition) is 1. The van der Waals surface area contributed by atoms with Crippen LogP contribution in [0.5, 0.6) is 0 Å². The molecule has 5 rings (SSSR count). The number of rotatable bonds is 5. The zero-order chi connectivity index (χ0) is 21.4. The molecule has 3 amide bonds. The van der Waals surface area contributed by atoms with Gasteiger partial charge in [-0.3, -0.25) is 9.69 Å². The zero-order valence-corrected chi connectivity index (χ0v) is 18.4. The van der Waals surface area contributed by atoms with E-state index in [1.807, 2.05) is 43.3 Å². The van der Waals surface area contributed by atoms with Gasteiger partial charge in [-0.25, -0.2) is 14.7 Å². The number of carbonyl (C=O) groups is 2. The summed E-state index contributed by atoms with van der Waals surface area (Å²) >= 11 is 1.78. The molecular weight excluding hydrogens is 408 g/mol. The second-order valence-electron chi connectivity index (χ2n) is 8.34. The molecule has 0 aliphatic carbocycles. The third-order valence-electron chi connectivity index (χ3n) is 6.56. The van der Waals surface area contributed by atoms with Crippen molar-refractivity contribution in [2.45, 2.75) is 37.6 Å². The molecule has 1 unspecified atom stereocenters. The fourth-order valence-corrected chi connectivity index (χ4v) is 5.84. The molecule has 2 saturated heterocycles. The highest BCUT2D eigenvalue weighted by Gasteiger charge is 2.51. The first-order valence-electron chi connectivity index (χ1n) is 10.9. The Morgan fingerprint density at radius 1 is 1.06 bits per heavy atom. The number of imide groups is 1. The van der Waals surface area contributed by atoms with E-state index in [-0.39, 0.29) is 11.9 Å². The topological polar surface area (TPSA) is 65.5 Å². The Morgan fingerprint density at radius 2 is 1.77 bits per heavy atom. The number of aromatic nitrogens is 1. The molecule has 0 saturated carbocycles. The van der Waals surface area contributed by atoms with Crippen LogP contribution in [0, 0.1) is 0 Å². The summed E-state index contributed by atoms with van der Waals surface area (Å²) in [5, 5.41) is 4.17. The van der Waals surface area contributed by atoms with Crippen molar-refractivity contribution in [2.75, 3.05) is 19.8 Å². The molecule has 6 nitrogen and oxygen atoms in total. The van der Waals surface area contributed by atoms with Gasteiger partial charge < -0.3 is 5.32 Å². The number of likely N-dealkylation sites (tertiary alicyclic amines) is 1. The lowest BCUT2D eigenvalue weighted by atomic mass is 9.87. The van der Waals surface area contributed by atoms with E-state index in [1.54, 1.807) is 11.3 Å². The zero-order valence-electron chi connectivity index (χ0n) is 17.6. The van der Waals surface area contributed by atoms with Crippen LogP contribution in [0.1, 0.15) is 42.7 Å². The Balaban J connectivity index is 1.26. The molecule has 0 spiro atoms. The summed E-state index contributed by atoms with van der Waals surface area (Å²) in [6.45, 7) is 3.98. The number of amides is 3. The molecule has 1 aromatic heterocycles. The minimum atomic E-state index is -0.961. The number of fused-ring (bicyclic) bond motifs is 1. The van der Waals surface area contributed by atoms with Crippen LogP contribution in [0.2, 0.25) is 0 Å². The Hall–Kier alpha value is -2.77. The fraction of sp³-hybridized carbons (Fsp3) is 0.375. The normalized spacial score (nSPS) is 22.9. The molecule has 7 heteroatoms. The molecule has 0 bridgehead atoms. The molecule has 160 valence electrons. The van der Waals surface area contributed by atoms with Gasteiger partial charge in [-0.05, 0) is 37.0 Å². The van der Waals surface area contributed by atoms with Crippen molar-refractivity contribution in [2.24, 2.45) is 0 Å². The highest BCUT2D eigenvalue weighted by molar-refractivity contribution is 7.18. The molecule has 3 heterocycles. The molecular formula is C24H26N4O2S. The molecule has 3 aromatic rings. The van der Waals surface area contributed by atoms with Crippen molar-refractivity contribution in [1.29, 1.82) is 0 Å². The maximum atomic E-state index is 13.3. The van der Waals surface area contributed by atoms with Crippen LogP contribution < -0.4 is 5.32 Å². The SMILES string of the molecule is CCC1(c2ccccc2)NC(=O)N(CN2CCC(c3nc4ccccc4s3)CC2)C1=O. The van der Waals surface area contributed by atoms with E-state index in [2.05, 4.69) is 28.4 Å². The molecule has 2 aliphatic heterocycles. The Labute approximate surface area is 185 Å². The summed E-state index contributed by atoms with van der Waals surface area (Å²) in [6.07, 6.45) is 2.50. The van der Waals surface area contributed by atoms with Gasteiger partial charge >= 0.3 is 6.03 Å². The van der Waals surface area contributed by atoms with E-state index >= 15 is 0 Å². The lowest BCUT2D eigenvalue weighted by Crippen LogP contribution is -2.46. The van der Waals surface area contributed by atoms with Gasteiger partial charge in [0.1, 0.15) is 5.54 Å². The van der Waals surface area contributed by atoms with Gasteiger partial charge in [0.25, 0.3) is 5.91 Å². The van der Waals surface area contributed by atoms with E-state index in [0.717, 1.165) is 37.0 Å². The van der Waals surface area contributed by atoms with Crippen molar-refractivity contribution in [1.82, 2.24) is 20.1 Å². The highest BCUT2D eigenvalue weighted by atomic mass is 32.1. The van der Waals surface area contributed by atoms with Crippen molar-refractivity contribution >= 4 is 33.5 Å². The van der Waals surface area contributed by atoms with Gasteiger partial charge in [0.15, 0.2) is 0 Å². The first-order chi connectivity index (χ1) is 15.1. The molecule has 1 atom stereocenters. The first-order valence-corrected chi connectivity index (χ1v) is 11.7. The van der Waals surface area contributed by atoms with E-state index in [9.17, 15) is 9.59 Å². The molecule has 31 heavy (non-hydrogen) atoms. The number of carbonyl (C=O) groups excluding carboxylic acids is 2. The molecule has 1 N–H and O–H groups in total. The van der Waals surface area contributed by atoms with Gasteiger partial charge in [-0.15, -0.1) is 11.3 Å². The molecule has 2 aliphatic rings. The largest absolute Gasteiger partial charge is 0.326 e. The second-order valence-corrected chi connectivity index (χ2v) is 9.40. The van der Waals surface area contributed by atoms with E-state index < -0.39 is 5.54 Å². The van der Waals surface area contributed by atoms with Crippen LogP contribution in [0.15, 0.2) is 54.6 Å². The van der Waals surface area contributed by atoms with Crippen LogP contribution in [-0.4, -0.2) is 46.5 Å². The van der Waals surface area contributed by atoms with Crippen molar-refractivity contribution in [3.63, 3.8) is 0 Å². The fourth-order valence-electron chi connectivity index (χ4n) is 4.70. The maximum Gasteiger partial charge on any atom is 0.326 e. The number of nitrogens with zero attached hydrogens (tertiary/aromatic N) is 3. The first kappa shape index (κ1) is 20.2. The molecule has 0 radical (unpaired) electrons. The van der Waals surface area contributed by atoms with Gasteiger partial charge in [-0.1, -0.05) is 49.4 Å². The number of piperidine rings is 1. The summed E-state index contributed by atoms with van der Waals surface area (Å²) in [5.74, 6) is 0.287. The monoisotopic (exact) mass is 434 g/mol. The van der Waals surface area contributed by atoms with Gasteiger partial charge in [0.05, 0.1) is 21.9 Å². The third-order valence-corrected chi connectivity index (χ3v) is 7.76. The quantitative estimate of drug-likeness (QED) is 0.609. The number of thiazole rings is 1. The maximum absolute atomic E-state index is 13.3. The lowest BCUT2D eigenvalue weighted by Gasteiger charge is -2.33. The van der Waals surface area contributed by atoms with E-state index in [0.29, 0.717) is 19.0 Å². The predicted octanol–water partition coefficient (Wildman–Crippen LogP) is 4.29. The van der Waals surface area contributed by atoms with Crippen molar-refractivity contribution < 1.29 is 9.59 Å². The second kappa shape index (κ2) is 8.05.